The lowest BCUT2D eigenvalue weighted by Gasteiger charge is -2.25. The zero-order valence-corrected chi connectivity index (χ0v) is 17.5. The lowest BCUT2D eigenvalue weighted by atomic mass is 9.90. The Morgan fingerprint density at radius 2 is 1.87 bits per heavy atom. The van der Waals surface area contributed by atoms with E-state index in [4.69, 9.17) is 19.2 Å². The summed E-state index contributed by atoms with van der Waals surface area (Å²) in [4.78, 5) is 19.6. The summed E-state index contributed by atoms with van der Waals surface area (Å²) < 4.78 is 17.1. The van der Waals surface area contributed by atoms with Crippen molar-refractivity contribution in [1.82, 2.24) is 9.97 Å². The van der Waals surface area contributed by atoms with E-state index in [1.807, 2.05) is 18.3 Å². The topological polar surface area (TPSA) is 83.0 Å². The van der Waals surface area contributed by atoms with Crippen molar-refractivity contribution in [2.75, 3.05) is 32.2 Å². The van der Waals surface area contributed by atoms with Crippen LogP contribution in [-0.4, -0.2) is 67.6 Å². The largest absolute Gasteiger partial charge is 0.493 e. The first-order valence-corrected chi connectivity index (χ1v) is 10.7. The highest BCUT2D eigenvalue weighted by molar-refractivity contribution is 6.24. The molecule has 5 rings (SSSR count). The van der Waals surface area contributed by atoms with Gasteiger partial charge in [-0.3, -0.25) is 0 Å². The predicted molar refractivity (Wildman–Crippen MR) is 115 cm³/mol. The summed E-state index contributed by atoms with van der Waals surface area (Å²) in [6, 6.07) is 4.67. The minimum atomic E-state index is 0.0899. The number of aliphatic imine (C=N–C) groups is 1. The molecule has 158 valence electrons. The second-order valence-corrected chi connectivity index (χ2v) is 8.13. The van der Waals surface area contributed by atoms with Gasteiger partial charge < -0.3 is 19.1 Å². The number of aromatic nitrogens is 2. The highest BCUT2D eigenvalue weighted by atomic mass is 16.5. The van der Waals surface area contributed by atoms with Crippen molar-refractivity contribution < 1.29 is 19.2 Å². The zero-order valence-electron chi connectivity index (χ0n) is 17.5. The molecule has 8 heteroatoms. The molecule has 1 N–H and O–H groups in total. The molecule has 2 aliphatic heterocycles. The Morgan fingerprint density at radius 1 is 1.03 bits per heavy atom. The smallest absolute Gasteiger partial charge is 0.275 e. The molecule has 0 spiro atoms. The molecule has 3 atom stereocenters. The summed E-state index contributed by atoms with van der Waals surface area (Å²) >= 11 is 0. The Labute approximate surface area is 176 Å². The Morgan fingerprint density at radius 3 is 2.73 bits per heavy atom. The molecule has 1 aromatic carbocycles. The molecule has 1 saturated carbocycles. The van der Waals surface area contributed by atoms with E-state index >= 15 is 0 Å². The SMILES string of the molecule is COc1cc2ncnc(N3CCC(OC4=NC5CCCCC5[NH+]=C4)C3)c2cc1OC. The van der Waals surface area contributed by atoms with Crippen molar-refractivity contribution in [3.8, 4) is 11.5 Å². The maximum absolute atomic E-state index is 6.25. The molecule has 2 aromatic rings. The van der Waals surface area contributed by atoms with Crippen LogP contribution in [0, 0.1) is 0 Å². The Bertz CT molecular complexity index is 992. The average molecular weight is 410 g/mol. The highest BCUT2D eigenvalue weighted by Crippen LogP contribution is 2.35. The number of benzene rings is 1. The Kier molecular flexibility index (Phi) is 5.14. The number of ether oxygens (including phenoxy) is 3. The predicted octanol–water partition coefficient (Wildman–Crippen LogP) is 1.12. The fourth-order valence-corrected chi connectivity index (χ4v) is 4.71. The number of hydrogen-bond acceptors (Lipinski definition) is 7. The average Bonchev–Trinajstić information content (AvgIpc) is 3.25. The van der Waals surface area contributed by atoms with Crippen LogP contribution >= 0.6 is 0 Å². The molecular weight excluding hydrogens is 382 g/mol. The fourth-order valence-electron chi connectivity index (χ4n) is 4.71. The summed E-state index contributed by atoms with van der Waals surface area (Å²) in [5, 5.41) is 0.948. The van der Waals surface area contributed by atoms with E-state index in [9.17, 15) is 0 Å². The van der Waals surface area contributed by atoms with Crippen LogP contribution in [0.15, 0.2) is 23.5 Å². The minimum absolute atomic E-state index is 0.0899. The van der Waals surface area contributed by atoms with Crippen LogP contribution in [0.1, 0.15) is 32.1 Å². The summed E-state index contributed by atoms with van der Waals surface area (Å²) in [5.74, 6) is 2.97. The molecule has 2 fully saturated rings. The van der Waals surface area contributed by atoms with Crippen molar-refractivity contribution in [3.05, 3.63) is 18.5 Å². The van der Waals surface area contributed by atoms with Crippen LogP contribution < -0.4 is 19.4 Å². The van der Waals surface area contributed by atoms with Crippen molar-refractivity contribution >= 4 is 28.8 Å². The second kappa shape index (κ2) is 8.08. The van der Waals surface area contributed by atoms with Crippen molar-refractivity contribution in [2.45, 2.75) is 50.3 Å². The Balaban J connectivity index is 1.33. The molecule has 1 saturated heterocycles. The van der Waals surface area contributed by atoms with E-state index < -0.39 is 0 Å². The normalized spacial score (nSPS) is 25.7. The van der Waals surface area contributed by atoms with E-state index in [0.717, 1.165) is 48.5 Å². The van der Waals surface area contributed by atoms with Gasteiger partial charge in [-0.1, -0.05) is 6.42 Å². The molecule has 3 unspecified atom stereocenters. The number of anilines is 1. The lowest BCUT2D eigenvalue weighted by Crippen LogP contribution is -2.82. The van der Waals surface area contributed by atoms with Gasteiger partial charge in [0, 0.05) is 30.8 Å². The van der Waals surface area contributed by atoms with Gasteiger partial charge in [-0.25, -0.2) is 20.0 Å². The summed E-state index contributed by atoms with van der Waals surface area (Å²) in [7, 11) is 3.27. The quantitative estimate of drug-likeness (QED) is 0.813. The molecule has 30 heavy (non-hydrogen) atoms. The third-order valence-electron chi connectivity index (χ3n) is 6.30. The van der Waals surface area contributed by atoms with Crippen LogP contribution in [0.25, 0.3) is 10.9 Å². The van der Waals surface area contributed by atoms with Crippen LogP contribution in [0.2, 0.25) is 0 Å². The van der Waals surface area contributed by atoms with Gasteiger partial charge in [-0.15, -0.1) is 0 Å². The van der Waals surface area contributed by atoms with Crippen LogP contribution in [0.5, 0.6) is 11.5 Å². The number of hydrogen-bond donors (Lipinski definition) is 1. The first-order valence-electron chi connectivity index (χ1n) is 10.7. The maximum atomic E-state index is 6.25. The summed E-state index contributed by atoms with van der Waals surface area (Å²) in [5.41, 5.74) is 0.833. The molecule has 1 aromatic heterocycles. The molecule has 0 radical (unpaired) electrons. The standard InChI is InChI=1S/C22H27N5O3/c1-28-19-9-15-18(10-20(19)29-2)24-13-25-22(15)27-8-7-14(12-27)30-21-11-23-16-5-3-4-6-17(16)26-21/h9-11,13-14,16-17H,3-8,12H2,1-2H3/p+1. The van der Waals surface area contributed by atoms with E-state index in [-0.39, 0.29) is 6.10 Å². The van der Waals surface area contributed by atoms with Crippen molar-refractivity contribution in [3.63, 3.8) is 0 Å². The van der Waals surface area contributed by atoms with Gasteiger partial charge in [0.15, 0.2) is 17.5 Å². The number of nitrogens with one attached hydrogen (secondary N) is 1. The van der Waals surface area contributed by atoms with Gasteiger partial charge in [0.2, 0.25) is 6.21 Å². The van der Waals surface area contributed by atoms with Gasteiger partial charge in [-0.05, 0) is 18.9 Å². The first kappa shape index (κ1) is 19.1. The number of nitrogens with zero attached hydrogens (tertiary/aromatic N) is 4. The highest BCUT2D eigenvalue weighted by Gasteiger charge is 2.34. The lowest BCUT2D eigenvalue weighted by molar-refractivity contribution is -0.506. The van der Waals surface area contributed by atoms with Crippen molar-refractivity contribution in [2.24, 2.45) is 4.99 Å². The fraction of sp³-hybridized carbons (Fsp3) is 0.545. The van der Waals surface area contributed by atoms with Crippen LogP contribution in [-0.2, 0) is 4.74 Å². The van der Waals surface area contributed by atoms with Gasteiger partial charge in [0.25, 0.3) is 5.90 Å². The van der Waals surface area contributed by atoms with Crippen LogP contribution in [0.4, 0.5) is 5.82 Å². The monoisotopic (exact) mass is 410 g/mol. The summed E-state index contributed by atoms with van der Waals surface area (Å²) in [6.07, 6.45) is 9.46. The third-order valence-corrected chi connectivity index (χ3v) is 6.30. The van der Waals surface area contributed by atoms with E-state index in [1.165, 1.54) is 19.3 Å². The van der Waals surface area contributed by atoms with Crippen LogP contribution in [0.3, 0.4) is 0 Å². The van der Waals surface area contributed by atoms with Gasteiger partial charge in [0.05, 0.1) is 26.3 Å². The minimum Gasteiger partial charge on any atom is -0.493 e. The second-order valence-electron chi connectivity index (χ2n) is 8.13. The molecule has 3 heterocycles. The first-order chi connectivity index (χ1) is 14.7. The van der Waals surface area contributed by atoms with E-state index in [2.05, 4.69) is 19.9 Å². The zero-order chi connectivity index (χ0) is 20.5. The number of fused-ring (bicyclic) bond motifs is 2. The molecular formula is C22H28N5O3+. The molecule has 0 bridgehead atoms. The number of rotatable bonds is 4. The number of methoxy groups -OCH3 is 2. The van der Waals surface area contributed by atoms with E-state index in [0.29, 0.717) is 23.6 Å². The molecule has 8 nitrogen and oxygen atoms in total. The molecule has 1 aliphatic carbocycles. The third kappa shape index (κ3) is 3.55. The van der Waals surface area contributed by atoms with Gasteiger partial charge in [-0.2, -0.15) is 0 Å². The molecule has 0 amide bonds. The Hall–Kier alpha value is -2.90. The van der Waals surface area contributed by atoms with E-state index in [1.54, 1.807) is 20.5 Å². The van der Waals surface area contributed by atoms with Gasteiger partial charge in [0.1, 0.15) is 24.3 Å². The van der Waals surface area contributed by atoms with Crippen molar-refractivity contribution in [1.29, 1.82) is 0 Å². The molecule has 3 aliphatic rings. The summed E-state index contributed by atoms with van der Waals surface area (Å²) in [6.45, 7) is 1.64. The van der Waals surface area contributed by atoms with Gasteiger partial charge >= 0.3 is 0 Å². The maximum Gasteiger partial charge on any atom is 0.275 e.